The van der Waals surface area contributed by atoms with Gasteiger partial charge >= 0.3 is 0 Å². The van der Waals surface area contributed by atoms with Crippen LogP contribution in [0.2, 0.25) is 0 Å². The lowest BCUT2D eigenvalue weighted by Gasteiger charge is -2.10. The summed E-state index contributed by atoms with van der Waals surface area (Å²) in [5, 5.41) is 17.4. The largest absolute Gasteiger partial charge is 0.384 e. The van der Waals surface area contributed by atoms with Gasteiger partial charge in [0.05, 0.1) is 0 Å². The first kappa shape index (κ1) is 8.65. The fourth-order valence-corrected chi connectivity index (χ4v) is 1.50. The molecule has 0 bridgehead atoms. The Labute approximate surface area is 76.6 Å². The van der Waals surface area contributed by atoms with Gasteiger partial charge < -0.3 is 15.4 Å². The number of aliphatic hydroxyl groups is 1. The lowest BCUT2D eigenvalue weighted by molar-refractivity contribution is 0.171. The van der Waals surface area contributed by atoms with E-state index in [0.717, 1.165) is 18.7 Å². The summed E-state index contributed by atoms with van der Waals surface area (Å²) < 4.78 is 2.00. The van der Waals surface area contributed by atoms with Crippen LogP contribution in [-0.2, 0) is 0 Å². The van der Waals surface area contributed by atoms with Gasteiger partial charge in [0.15, 0.2) is 5.82 Å². The molecule has 0 aliphatic heterocycles. The summed E-state index contributed by atoms with van der Waals surface area (Å²) in [6.45, 7) is 2.10. The Kier molecular flexibility index (Phi) is 2.05. The first-order valence-electron chi connectivity index (χ1n) is 4.53. The second kappa shape index (κ2) is 3.08. The predicted octanol–water partition coefficient (Wildman–Crippen LogP) is -0.0865. The molecule has 1 heterocycles. The SMILES string of the molecule is Cc1nnc([C@@H](O)CN)n1C1CC1. The maximum Gasteiger partial charge on any atom is 0.163 e. The van der Waals surface area contributed by atoms with Gasteiger partial charge in [-0.25, -0.2) is 0 Å². The van der Waals surface area contributed by atoms with Crippen molar-refractivity contribution in [3.05, 3.63) is 11.6 Å². The lowest BCUT2D eigenvalue weighted by atomic mass is 10.3. The van der Waals surface area contributed by atoms with E-state index in [1.807, 2.05) is 11.5 Å². The molecule has 0 amide bonds. The van der Waals surface area contributed by atoms with Gasteiger partial charge in [0.25, 0.3) is 0 Å². The van der Waals surface area contributed by atoms with E-state index in [1.54, 1.807) is 0 Å². The number of aliphatic hydroxyl groups excluding tert-OH is 1. The molecule has 2 rings (SSSR count). The van der Waals surface area contributed by atoms with E-state index < -0.39 is 6.10 Å². The van der Waals surface area contributed by atoms with Crippen molar-refractivity contribution in [3.8, 4) is 0 Å². The molecule has 1 atom stereocenters. The van der Waals surface area contributed by atoms with Crippen molar-refractivity contribution in [3.63, 3.8) is 0 Å². The molecule has 0 spiro atoms. The second-order valence-electron chi connectivity index (χ2n) is 3.46. The third-order valence-electron chi connectivity index (χ3n) is 2.33. The summed E-state index contributed by atoms with van der Waals surface area (Å²) in [7, 11) is 0. The Morgan fingerprint density at radius 3 is 2.85 bits per heavy atom. The Balaban J connectivity index is 2.33. The van der Waals surface area contributed by atoms with Gasteiger partial charge in [-0.2, -0.15) is 0 Å². The van der Waals surface area contributed by atoms with Gasteiger partial charge in [-0.1, -0.05) is 0 Å². The Hall–Kier alpha value is -0.940. The molecule has 1 aromatic rings. The smallest absolute Gasteiger partial charge is 0.163 e. The first-order chi connectivity index (χ1) is 6.24. The molecule has 13 heavy (non-hydrogen) atoms. The van der Waals surface area contributed by atoms with Crippen molar-refractivity contribution in [1.29, 1.82) is 0 Å². The highest BCUT2D eigenvalue weighted by Crippen LogP contribution is 2.37. The minimum absolute atomic E-state index is 0.199. The van der Waals surface area contributed by atoms with Crippen LogP contribution in [0.5, 0.6) is 0 Å². The van der Waals surface area contributed by atoms with E-state index in [-0.39, 0.29) is 6.54 Å². The topological polar surface area (TPSA) is 77.0 Å². The standard InChI is InChI=1S/C8H14N4O/c1-5-10-11-8(7(13)4-9)12(5)6-2-3-6/h6-7,13H,2-4,9H2,1H3/t7-/m0/s1. The van der Waals surface area contributed by atoms with Crippen molar-refractivity contribution in [2.24, 2.45) is 5.73 Å². The number of hydrogen-bond acceptors (Lipinski definition) is 4. The normalized spacial score (nSPS) is 19.0. The van der Waals surface area contributed by atoms with Crippen molar-refractivity contribution >= 4 is 0 Å². The molecule has 0 saturated heterocycles. The summed E-state index contributed by atoms with van der Waals surface area (Å²) in [4.78, 5) is 0. The molecule has 1 aliphatic carbocycles. The second-order valence-corrected chi connectivity index (χ2v) is 3.46. The van der Waals surface area contributed by atoms with Crippen LogP contribution >= 0.6 is 0 Å². The van der Waals surface area contributed by atoms with Crippen LogP contribution < -0.4 is 5.73 Å². The number of rotatable bonds is 3. The van der Waals surface area contributed by atoms with E-state index in [0.29, 0.717) is 11.9 Å². The van der Waals surface area contributed by atoms with Crippen molar-refractivity contribution in [2.75, 3.05) is 6.54 Å². The minimum Gasteiger partial charge on any atom is -0.384 e. The van der Waals surface area contributed by atoms with E-state index >= 15 is 0 Å². The quantitative estimate of drug-likeness (QED) is 0.685. The van der Waals surface area contributed by atoms with E-state index in [4.69, 9.17) is 5.73 Å². The van der Waals surface area contributed by atoms with Crippen molar-refractivity contribution in [1.82, 2.24) is 14.8 Å². The Morgan fingerprint density at radius 2 is 2.31 bits per heavy atom. The van der Waals surface area contributed by atoms with Crippen LogP contribution in [0, 0.1) is 6.92 Å². The third kappa shape index (κ3) is 1.45. The van der Waals surface area contributed by atoms with Gasteiger partial charge in [-0.3, -0.25) is 0 Å². The molecule has 72 valence electrons. The molecule has 5 heteroatoms. The highest BCUT2D eigenvalue weighted by atomic mass is 16.3. The highest BCUT2D eigenvalue weighted by Gasteiger charge is 2.29. The maximum atomic E-state index is 9.55. The van der Waals surface area contributed by atoms with Crippen LogP contribution in [0.15, 0.2) is 0 Å². The molecule has 0 aromatic carbocycles. The fourth-order valence-electron chi connectivity index (χ4n) is 1.50. The third-order valence-corrected chi connectivity index (χ3v) is 2.33. The zero-order valence-electron chi connectivity index (χ0n) is 7.64. The maximum absolute atomic E-state index is 9.55. The molecule has 5 nitrogen and oxygen atoms in total. The summed E-state index contributed by atoms with van der Waals surface area (Å²) >= 11 is 0. The van der Waals surface area contributed by atoms with Gasteiger partial charge in [0.1, 0.15) is 11.9 Å². The highest BCUT2D eigenvalue weighted by molar-refractivity contribution is 5.04. The lowest BCUT2D eigenvalue weighted by Crippen LogP contribution is -2.17. The van der Waals surface area contributed by atoms with Gasteiger partial charge in [-0.15, -0.1) is 10.2 Å². The summed E-state index contributed by atoms with van der Waals surface area (Å²) in [5.74, 6) is 1.48. The molecule has 3 N–H and O–H groups in total. The summed E-state index contributed by atoms with van der Waals surface area (Å²) in [5.41, 5.74) is 5.37. The van der Waals surface area contributed by atoms with E-state index in [1.165, 1.54) is 0 Å². The first-order valence-corrected chi connectivity index (χ1v) is 4.53. The predicted molar refractivity (Wildman–Crippen MR) is 47.0 cm³/mol. The molecule has 1 fully saturated rings. The molecule has 1 aliphatic rings. The molecule has 1 aromatic heterocycles. The zero-order chi connectivity index (χ0) is 9.42. The number of hydrogen-bond donors (Lipinski definition) is 2. The zero-order valence-corrected chi connectivity index (χ0v) is 7.64. The number of aromatic nitrogens is 3. The molecule has 0 unspecified atom stereocenters. The van der Waals surface area contributed by atoms with Crippen molar-refractivity contribution in [2.45, 2.75) is 31.9 Å². The van der Waals surface area contributed by atoms with Crippen LogP contribution in [0.25, 0.3) is 0 Å². The van der Waals surface area contributed by atoms with Crippen LogP contribution in [0.1, 0.15) is 36.6 Å². The minimum atomic E-state index is -0.679. The van der Waals surface area contributed by atoms with Crippen LogP contribution in [0.4, 0.5) is 0 Å². The van der Waals surface area contributed by atoms with Gasteiger partial charge in [-0.05, 0) is 19.8 Å². The monoisotopic (exact) mass is 182 g/mol. The Morgan fingerprint density at radius 1 is 1.62 bits per heavy atom. The Bertz CT molecular complexity index is 305. The van der Waals surface area contributed by atoms with Crippen LogP contribution in [0.3, 0.4) is 0 Å². The van der Waals surface area contributed by atoms with E-state index in [2.05, 4.69) is 10.2 Å². The fraction of sp³-hybridized carbons (Fsp3) is 0.750. The van der Waals surface area contributed by atoms with Gasteiger partial charge in [0, 0.05) is 12.6 Å². The van der Waals surface area contributed by atoms with E-state index in [9.17, 15) is 5.11 Å². The molecule has 1 saturated carbocycles. The average Bonchev–Trinajstić information content (AvgIpc) is 2.89. The van der Waals surface area contributed by atoms with Crippen LogP contribution in [-0.4, -0.2) is 26.4 Å². The average molecular weight is 182 g/mol. The summed E-state index contributed by atoms with van der Waals surface area (Å²) in [6.07, 6.45) is 1.63. The molecular weight excluding hydrogens is 168 g/mol. The number of nitrogens with two attached hydrogens (primary N) is 1. The van der Waals surface area contributed by atoms with Crippen molar-refractivity contribution < 1.29 is 5.11 Å². The molecule has 0 radical (unpaired) electrons. The number of nitrogens with zero attached hydrogens (tertiary/aromatic N) is 3. The van der Waals surface area contributed by atoms with Gasteiger partial charge in [0.2, 0.25) is 0 Å². The summed E-state index contributed by atoms with van der Waals surface area (Å²) in [6, 6.07) is 0.492. The number of aryl methyl sites for hydroxylation is 1. The molecular formula is C8H14N4O.